The number of nitriles is 1. The minimum atomic E-state index is -1.05. The number of nitrogens with zero attached hydrogens (tertiary/aromatic N) is 4. The molecule has 7 rings (SSSR count). The van der Waals surface area contributed by atoms with Crippen LogP contribution in [0.1, 0.15) is 27.8 Å². The molecule has 0 atom stereocenters. The van der Waals surface area contributed by atoms with Crippen molar-refractivity contribution in [1.82, 2.24) is 4.98 Å². The lowest BCUT2D eigenvalue weighted by atomic mass is 10.1. The summed E-state index contributed by atoms with van der Waals surface area (Å²) < 4.78 is 33.1. The van der Waals surface area contributed by atoms with E-state index in [1.165, 1.54) is 0 Å². The van der Waals surface area contributed by atoms with Crippen molar-refractivity contribution in [2.24, 2.45) is 0 Å². The predicted molar refractivity (Wildman–Crippen MR) is 156 cm³/mol. The highest BCUT2D eigenvalue weighted by molar-refractivity contribution is 5.97. The van der Waals surface area contributed by atoms with E-state index in [0.29, 0.717) is 22.7 Å². The molecule has 2 aliphatic rings. The average Bonchev–Trinajstić information content (AvgIpc) is 3.26. The molecule has 4 nitrogen and oxygen atoms in total. The van der Waals surface area contributed by atoms with Crippen molar-refractivity contribution < 1.29 is 8.78 Å². The van der Waals surface area contributed by atoms with Crippen molar-refractivity contribution in [1.29, 1.82) is 5.26 Å². The van der Waals surface area contributed by atoms with Crippen molar-refractivity contribution in [3.8, 4) is 6.07 Å². The van der Waals surface area contributed by atoms with Crippen molar-refractivity contribution >= 4 is 58.6 Å². The van der Waals surface area contributed by atoms with E-state index in [1.807, 2.05) is 127 Å². The number of halogens is 2. The summed E-state index contributed by atoms with van der Waals surface area (Å²) in [5.41, 5.74) is 5.10. The number of hydrogen-bond donors (Lipinski definition) is 0. The molecule has 6 heteroatoms. The molecule has 5 aromatic rings. The fourth-order valence-corrected chi connectivity index (χ4v) is 5.38. The summed E-state index contributed by atoms with van der Waals surface area (Å²) >= 11 is 0. The van der Waals surface area contributed by atoms with E-state index < -0.39 is 17.3 Å². The second-order valence-corrected chi connectivity index (χ2v) is 9.45. The van der Waals surface area contributed by atoms with Gasteiger partial charge in [0.25, 0.3) is 0 Å². The molecule has 2 aliphatic heterocycles. The first kappa shape index (κ1) is 23.6. The number of rotatable bonds is 2. The van der Waals surface area contributed by atoms with E-state index in [-0.39, 0.29) is 11.5 Å². The quantitative estimate of drug-likeness (QED) is 0.212. The van der Waals surface area contributed by atoms with E-state index in [1.54, 1.807) is 9.80 Å². The van der Waals surface area contributed by atoms with Gasteiger partial charge in [-0.05, 0) is 46.5 Å². The summed E-state index contributed by atoms with van der Waals surface area (Å²) in [6.45, 7) is 0. The third kappa shape index (κ3) is 3.60. The van der Waals surface area contributed by atoms with Crippen LogP contribution in [0, 0.1) is 23.1 Å². The van der Waals surface area contributed by atoms with Crippen LogP contribution in [0.3, 0.4) is 0 Å². The maximum Gasteiger partial charge on any atom is 0.235 e. The molecule has 40 heavy (non-hydrogen) atoms. The number of anilines is 6. The van der Waals surface area contributed by atoms with Crippen LogP contribution in [0.2, 0.25) is 0 Å². The molecule has 0 spiro atoms. The van der Waals surface area contributed by atoms with Crippen LogP contribution in [0.15, 0.2) is 97.1 Å². The van der Waals surface area contributed by atoms with E-state index in [4.69, 9.17) is 0 Å². The lowest BCUT2D eigenvalue weighted by Gasteiger charge is -2.31. The molecule has 0 N–H and O–H groups in total. The molecule has 3 heterocycles. The largest absolute Gasteiger partial charge is 0.305 e. The molecule has 1 aromatic heterocycles. The van der Waals surface area contributed by atoms with Crippen molar-refractivity contribution in [2.75, 3.05) is 9.80 Å². The Morgan fingerprint density at radius 2 is 0.925 bits per heavy atom. The van der Waals surface area contributed by atoms with Crippen LogP contribution in [0.4, 0.5) is 43.0 Å². The highest BCUT2D eigenvalue weighted by atomic mass is 19.1. The Bertz CT molecular complexity index is 1820. The van der Waals surface area contributed by atoms with Crippen LogP contribution in [-0.4, -0.2) is 4.98 Å². The van der Waals surface area contributed by atoms with Gasteiger partial charge in [0.2, 0.25) is 5.95 Å². The fraction of sp³-hybridized carbons (Fsp3) is 0. The lowest BCUT2D eigenvalue weighted by molar-refractivity contribution is 0.559. The van der Waals surface area contributed by atoms with Crippen molar-refractivity contribution in [3.05, 3.63) is 137 Å². The van der Waals surface area contributed by atoms with Gasteiger partial charge >= 0.3 is 0 Å². The monoisotopic (exact) mass is 522 g/mol. The standard InChI is InChI=1S/C34H20F2N4/c35-31-32(39-27-13-5-1-9-22(27)17-18-23-10-2-6-14-28(23)39)26(21-37)33(36)38-34(31)40-29-15-7-3-11-24(29)19-20-25-12-4-8-16-30(25)40/h1-20H. The first-order chi connectivity index (χ1) is 19.7. The van der Waals surface area contributed by atoms with Gasteiger partial charge in [0, 0.05) is 0 Å². The molecule has 0 bridgehead atoms. The first-order valence-electron chi connectivity index (χ1n) is 12.8. The third-order valence-corrected chi connectivity index (χ3v) is 7.19. The maximum absolute atomic E-state index is 17.2. The Morgan fingerprint density at radius 3 is 1.32 bits per heavy atom. The zero-order chi connectivity index (χ0) is 27.2. The number of para-hydroxylation sites is 4. The number of hydrogen-bond acceptors (Lipinski definition) is 4. The second-order valence-electron chi connectivity index (χ2n) is 9.45. The van der Waals surface area contributed by atoms with E-state index in [2.05, 4.69) is 4.98 Å². The van der Waals surface area contributed by atoms with Crippen LogP contribution in [0.25, 0.3) is 24.3 Å². The molecule has 0 fully saturated rings. The number of aromatic nitrogens is 1. The minimum absolute atomic E-state index is 0.194. The summed E-state index contributed by atoms with van der Waals surface area (Å²) in [7, 11) is 0. The molecule has 0 radical (unpaired) electrons. The molecular weight excluding hydrogens is 502 g/mol. The van der Waals surface area contributed by atoms with Crippen LogP contribution in [-0.2, 0) is 0 Å². The fourth-order valence-electron chi connectivity index (χ4n) is 5.38. The zero-order valence-corrected chi connectivity index (χ0v) is 21.1. The van der Waals surface area contributed by atoms with Gasteiger partial charge < -0.3 is 4.90 Å². The molecule has 0 unspecified atom stereocenters. The average molecular weight is 523 g/mol. The van der Waals surface area contributed by atoms with E-state index in [9.17, 15) is 5.26 Å². The Kier molecular flexibility index (Phi) is 5.50. The Balaban J connectivity index is 1.57. The molecule has 0 aliphatic carbocycles. The van der Waals surface area contributed by atoms with Gasteiger partial charge in [-0.25, -0.2) is 4.39 Å². The van der Waals surface area contributed by atoms with Crippen LogP contribution < -0.4 is 9.80 Å². The predicted octanol–water partition coefficient (Wildman–Crippen LogP) is 9.14. The van der Waals surface area contributed by atoms with Gasteiger partial charge in [-0.1, -0.05) is 97.1 Å². The highest BCUT2D eigenvalue weighted by Gasteiger charge is 2.33. The lowest BCUT2D eigenvalue weighted by Crippen LogP contribution is -2.21. The second kappa shape index (κ2) is 9.33. The summed E-state index contributed by atoms with van der Waals surface area (Å²) in [4.78, 5) is 7.34. The zero-order valence-electron chi connectivity index (χ0n) is 21.1. The normalized spacial score (nSPS) is 12.9. The molecule has 4 aromatic carbocycles. The molecule has 0 saturated heterocycles. The summed E-state index contributed by atoms with van der Waals surface area (Å²) in [5, 5.41) is 10.1. The molecule has 0 amide bonds. The highest BCUT2D eigenvalue weighted by Crippen LogP contribution is 2.48. The summed E-state index contributed by atoms with van der Waals surface area (Å²) in [5.74, 6) is -2.09. The molecule has 190 valence electrons. The van der Waals surface area contributed by atoms with Gasteiger partial charge in [-0.3, -0.25) is 4.90 Å². The number of benzene rings is 4. The Hall–Kier alpha value is -5.54. The van der Waals surface area contributed by atoms with E-state index in [0.717, 1.165) is 22.3 Å². The van der Waals surface area contributed by atoms with Crippen LogP contribution in [0.5, 0.6) is 0 Å². The number of fused-ring (bicyclic) bond motifs is 4. The minimum Gasteiger partial charge on any atom is -0.305 e. The van der Waals surface area contributed by atoms with Gasteiger partial charge in [0.15, 0.2) is 11.6 Å². The summed E-state index contributed by atoms with van der Waals surface area (Å²) in [6, 6.07) is 31.8. The first-order valence-corrected chi connectivity index (χ1v) is 12.8. The van der Waals surface area contributed by atoms with Crippen molar-refractivity contribution in [2.45, 2.75) is 0 Å². The van der Waals surface area contributed by atoms with Gasteiger partial charge in [-0.15, -0.1) is 0 Å². The Morgan fingerprint density at radius 1 is 0.550 bits per heavy atom. The SMILES string of the molecule is N#Cc1c(F)nc(N2c3ccccc3C=Cc3ccccc32)c(F)c1N1c2ccccc2C=Cc2ccccc21. The topological polar surface area (TPSA) is 43.2 Å². The third-order valence-electron chi connectivity index (χ3n) is 7.19. The molecule has 0 saturated carbocycles. The van der Waals surface area contributed by atoms with Gasteiger partial charge in [-0.2, -0.15) is 14.6 Å². The van der Waals surface area contributed by atoms with Crippen molar-refractivity contribution in [3.63, 3.8) is 0 Å². The Labute approximate surface area is 230 Å². The van der Waals surface area contributed by atoms with Gasteiger partial charge in [0.1, 0.15) is 17.3 Å². The molecular formula is C34H20F2N4. The van der Waals surface area contributed by atoms with Crippen LogP contribution >= 0.6 is 0 Å². The number of pyridine rings is 1. The summed E-state index contributed by atoms with van der Waals surface area (Å²) in [6.07, 6.45) is 7.76. The maximum atomic E-state index is 17.2. The van der Waals surface area contributed by atoms with Gasteiger partial charge in [0.05, 0.1) is 22.7 Å². The van der Waals surface area contributed by atoms with E-state index >= 15 is 8.78 Å². The smallest absolute Gasteiger partial charge is 0.235 e.